The molecule has 3 atom stereocenters. The number of nitrogens with zero attached hydrogens (tertiary/aromatic N) is 1. The summed E-state index contributed by atoms with van der Waals surface area (Å²) in [7, 11) is 0. The van der Waals surface area contributed by atoms with Gasteiger partial charge in [0, 0.05) is 23.5 Å². The summed E-state index contributed by atoms with van der Waals surface area (Å²) in [5.41, 5.74) is 1.26. The maximum absolute atomic E-state index is 12.9. The van der Waals surface area contributed by atoms with E-state index in [4.69, 9.17) is 4.74 Å². The van der Waals surface area contributed by atoms with Crippen molar-refractivity contribution in [2.75, 3.05) is 32.8 Å². The molecule has 4 fully saturated rings. The molecule has 0 spiro atoms. The van der Waals surface area contributed by atoms with Gasteiger partial charge in [-0.05, 0) is 68.6 Å². The zero-order chi connectivity index (χ0) is 20.5. The summed E-state index contributed by atoms with van der Waals surface area (Å²) in [5.74, 6) is 0.710. The minimum atomic E-state index is 0.0798. The van der Waals surface area contributed by atoms with Gasteiger partial charge in [0.2, 0.25) is 0 Å². The van der Waals surface area contributed by atoms with Crippen LogP contribution in [0.4, 0.5) is 0 Å². The van der Waals surface area contributed by atoms with Gasteiger partial charge in [-0.1, -0.05) is 23.9 Å². The van der Waals surface area contributed by atoms with E-state index < -0.39 is 0 Å². The molecule has 5 nitrogen and oxygen atoms in total. The molecule has 0 aliphatic carbocycles. The third-order valence-corrected chi connectivity index (χ3v) is 8.93. The molecule has 5 heterocycles. The molecular formula is C23H29N3O2S2. The van der Waals surface area contributed by atoms with E-state index in [9.17, 15) is 4.79 Å². The molecule has 0 saturated carbocycles. The second kappa shape index (κ2) is 9.01. The van der Waals surface area contributed by atoms with Crippen molar-refractivity contribution in [3.63, 3.8) is 0 Å². The predicted molar refractivity (Wildman–Crippen MR) is 121 cm³/mol. The summed E-state index contributed by atoms with van der Waals surface area (Å²) in [5, 5.41) is 6.83. The summed E-state index contributed by atoms with van der Waals surface area (Å²) >= 11 is 3.30. The minimum Gasteiger partial charge on any atom is -0.378 e. The van der Waals surface area contributed by atoms with Crippen molar-refractivity contribution >= 4 is 29.0 Å². The maximum atomic E-state index is 12.9. The van der Waals surface area contributed by atoms with Crippen LogP contribution in [0.3, 0.4) is 0 Å². The van der Waals surface area contributed by atoms with Crippen LogP contribution in [-0.4, -0.2) is 55.7 Å². The number of benzene rings is 1. The maximum Gasteiger partial charge on any atom is 0.261 e. The number of carbonyl (C=O) groups is 1. The summed E-state index contributed by atoms with van der Waals surface area (Å²) in [6.45, 7) is 7.04. The van der Waals surface area contributed by atoms with E-state index in [-0.39, 0.29) is 18.0 Å². The fraction of sp³-hybridized carbons (Fsp3) is 0.522. The summed E-state index contributed by atoms with van der Waals surface area (Å²) < 4.78 is 6.71. The molecule has 6 rings (SSSR count). The minimum absolute atomic E-state index is 0.0798. The molecule has 4 aliphatic heterocycles. The highest BCUT2D eigenvalue weighted by Crippen LogP contribution is 2.35. The zero-order valence-corrected chi connectivity index (χ0v) is 18.9. The first-order chi connectivity index (χ1) is 14.7. The van der Waals surface area contributed by atoms with Crippen molar-refractivity contribution in [3.8, 4) is 0 Å². The summed E-state index contributed by atoms with van der Waals surface area (Å²) in [4.78, 5) is 17.4. The highest BCUT2D eigenvalue weighted by Gasteiger charge is 2.40. The van der Waals surface area contributed by atoms with E-state index in [1.54, 1.807) is 23.1 Å². The number of rotatable bonds is 5. The number of piperidine rings is 3. The van der Waals surface area contributed by atoms with Crippen LogP contribution in [0.2, 0.25) is 0 Å². The lowest BCUT2D eigenvalue weighted by atomic mass is 9.79. The lowest BCUT2D eigenvalue weighted by molar-refractivity contribution is 0.0218. The van der Waals surface area contributed by atoms with Crippen LogP contribution >= 0.6 is 23.1 Å². The molecule has 2 aromatic rings. The molecular weight excluding hydrogens is 414 g/mol. The van der Waals surface area contributed by atoms with E-state index >= 15 is 0 Å². The Bertz CT molecular complexity index is 869. The van der Waals surface area contributed by atoms with Gasteiger partial charge in [0.15, 0.2) is 0 Å². The normalized spacial score (nSPS) is 30.9. The smallest absolute Gasteiger partial charge is 0.261 e. The van der Waals surface area contributed by atoms with Crippen molar-refractivity contribution in [2.24, 2.45) is 5.92 Å². The van der Waals surface area contributed by atoms with E-state index in [0.717, 1.165) is 28.8 Å². The van der Waals surface area contributed by atoms with E-state index in [2.05, 4.69) is 52.8 Å². The Kier molecular flexibility index (Phi) is 6.16. The summed E-state index contributed by atoms with van der Waals surface area (Å²) in [6, 6.07) is 13.7. The average Bonchev–Trinajstić information content (AvgIpc) is 3.26. The van der Waals surface area contributed by atoms with E-state index in [1.165, 1.54) is 36.4 Å². The van der Waals surface area contributed by atoms with Gasteiger partial charge >= 0.3 is 0 Å². The summed E-state index contributed by atoms with van der Waals surface area (Å²) in [6.07, 6.45) is 2.42. The van der Waals surface area contributed by atoms with Crippen LogP contribution in [0.1, 0.15) is 41.0 Å². The van der Waals surface area contributed by atoms with Crippen LogP contribution in [0.5, 0.6) is 0 Å². The Morgan fingerprint density at radius 2 is 2.00 bits per heavy atom. The molecule has 160 valence electrons. The molecule has 1 aromatic heterocycles. The molecule has 1 amide bonds. The standard InChI is InChI=1S/C23H29N3O2S2/c1-15-22(17-8-11-26(15)12-9-17)25-23(27)20-6-7-21(30-20)29-18-4-2-16(3-5-18)19-14-28-13-10-24-19/h2-7,15,17,19,22,24H,8-14H2,1H3,(H,25,27). The fourth-order valence-electron chi connectivity index (χ4n) is 4.93. The van der Waals surface area contributed by atoms with E-state index in [1.807, 2.05) is 6.07 Å². The molecule has 0 radical (unpaired) electrons. The first-order valence-corrected chi connectivity index (χ1v) is 12.5. The molecule has 2 N–H and O–H groups in total. The van der Waals surface area contributed by atoms with Crippen LogP contribution in [0.25, 0.3) is 0 Å². The molecule has 4 aliphatic rings. The quantitative estimate of drug-likeness (QED) is 0.737. The van der Waals surface area contributed by atoms with Gasteiger partial charge in [-0.2, -0.15) is 0 Å². The second-order valence-corrected chi connectivity index (χ2v) is 10.9. The van der Waals surface area contributed by atoms with Gasteiger partial charge in [-0.3, -0.25) is 9.69 Å². The lowest BCUT2D eigenvalue weighted by Crippen LogP contribution is -2.62. The molecule has 2 bridgehead atoms. The zero-order valence-electron chi connectivity index (χ0n) is 17.3. The third-order valence-electron chi connectivity index (χ3n) is 6.70. The first-order valence-electron chi connectivity index (χ1n) is 10.9. The Balaban J connectivity index is 1.19. The molecule has 3 unspecified atom stereocenters. The van der Waals surface area contributed by atoms with Gasteiger partial charge in [0.25, 0.3) is 5.91 Å². The molecule has 1 aromatic carbocycles. The molecule has 4 saturated heterocycles. The number of hydrogen-bond donors (Lipinski definition) is 2. The van der Waals surface area contributed by atoms with E-state index in [0.29, 0.717) is 12.0 Å². The first kappa shape index (κ1) is 20.5. The van der Waals surface area contributed by atoms with Gasteiger partial charge in [0.1, 0.15) is 0 Å². The highest BCUT2D eigenvalue weighted by molar-refractivity contribution is 8.01. The number of hydrogen-bond acceptors (Lipinski definition) is 6. The predicted octanol–water partition coefficient (Wildman–Crippen LogP) is 3.77. The Labute approximate surface area is 186 Å². The average molecular weight is 444 g/mol. The van der Waals surface area contributed by atoms with Crippen molar-refractivity contribution < 1.29 is 9.53 Å². The third kappa shape index (κ3) is 4.32. The monoisotopic (exact) mass is 443 g/mol. The number of morpholine rings is 1. The molecule has 30 heavy (non-hydrogen) atoms. The Hall–Kier alpha value is -1.38. The van der Waals surface area contributed by atoms with Gasteiger partial charge < -0.3 is 15.4 Å². The van der Waals surface area contributed by atoms with Crippen molar-refractivity contribution in [2.45, 2.75) is 47.0 Å². The fourth-order valence-corrected chi connectivity index (χ4v) is 6.93. The topological polar surface area (TPSA) is 53.6 Å². The number of carbonyl (C=O) groups excluding carboxylic acids is 1. The number of fused-ring (bicyclic) bond motifs is 3. The Morgan fingerprint density at radius 1 is 1.20 bits per heavy atom. The van der Waals surface area contributed by atoms with Crippen LogP contribution in [-0.2, 0) is 4.74 Å². The van der Waals surface area contributed by atoms with Gasteiger partial charge in [0.05, 0.1) is 28.3 Å². The second-order valence-electron chi connectivity index (χ2n) is 8.48. The lowest BCUT2D eigenvalue weighted by Gasteiger charge is -2.49. The number of thiophene rings is 1. The van der Waals surface area contributed by atoms with Gasteiger partial charge in [-0.15, -0.1) is 11.3 Å². The number of nitrogens with one attached hydrogen (secondary N) is 2. The van der Waals surface area contributed by atoms with Crippen LogP contribution in [0.15, 0.2) is 45.5 Å². The van der Waals surface area contributed by atoms with Crippen molar-refractivity contribution in [1.82, 2.24) is 15.5 Å². The number of ether oxygens (including phenoxy) is 1. The van der Waals surface area contributed by atoms with Crippen LogP contribution in [0, 0.1) is 5.92 Å². The Morgan fingerprint density at radius 3 is 2.70 bits per heavy atom. The highest BCUT2D eigenvalue weighted by atomic mass is 32.2. The SMILES string of the molecule is CC1C(NC(=O)c2ccc(Sc3ccc(C4COCCN4)cc3)s2)C2CCN1CC2. The van der Waals surface area contributed by atoms with Crippen LogP contribution < -0.4 is 10.6 Å². The van der Waals surface area contributed by atoms with Crippen molar-refractivity contribution in [1.29, 1.82) is 0 Å². The number of amides is 1. The molecule has 7 heteroatoms. The van der Waals surface area contributed by atoms with Gasteiger partial charge in [-0.25, -0.2) is 0 Å². The van der Waals surface area contributed by atoms with Crippen molar-refractivity contribution in [3.05, 3.63) is 46.8 Å². The largest absolute Gasteiger partial charge is 0.378 e.